The zero-order valence-corrected chi connectivity index (χ0v) is 17.2. The van der Waals surface area contributed by atoms with Crippen molar-refractivity contribution in [2.75, 3.05) is 20.2 Å². The van der Waals surface area contributed by atoms with Crippen molar-refractivity contribution in [2.24, 2.45) is 0 Å². The summed E-state index contributed by atoms with van der Waals surface area (Å²) in [4.78, 5) is 14.4. The van der Waals surface area contributed by atoms with Gasteiger partial charge in [-0.15, -0.1) is 0 Å². The molecule has 28 heavy (non-hydrogen) atoms. The number of pyridine rings is 1. The number of nitrogens with zero attached hydrogens (tertiary/aromatic N) is 3. The zero-order valence-electron chi connectivity index (χ0n) is 15.6. The molecular weight excluding hydrogens is 416 g/mol. The highest BCUT2D eigenvalue weighted by Crippen LogP contribution is 2.23. The maximum absolute atomic E-state index is 5.89. The quantitative estimate of drug-likeness (QED) is 0.447. The van der Waals surface area contributed by atoms with Crippen LogP contribution in [-0.4, -0.2) is 40.1 Å². The number of benzene rings is 2. The highest BCUT2D eigenvalue weighted by molar-refractivity contribution is 9.10. The van der Waals surface area contributed by atoms with Gasteiger partial charge in [-0.25, -0.2) is 9.97 Å². The minimum Gasteiger partial charge on any atom is -0.492 e. The first-order valence-electron chi connectivity index (χ1n) is 9.14. The summed E-state index contributed by atoms with van der Waals surface area (Å²) in [5.74, 6) is 1.66. The van der Waals surface area contributed by atoms with Crippen molar-refractivity contribution >= 4 is 27.1 Å². The second-order valence-corrected chi connectivity index (χ2v) is 7.62. The number of halogens is 1. The van der Waals surface area contributed by atoms with E-state index in [1.807, 2.05) is 36.4 Å². The number of H-pyrrole nitrogens is 1. The molecule has 4 aromatic rings. The predicted molar refractivity (Wildman–Crippen MR) is 115 cm³/mol. The Bertz CT molecular complexity index is 1050. The fourth-order valence-electron chi connectivity index (χ4n) is 3.01. The molecule has 0 aliphatic carbocycles. The molecule has 0 bridgehead atoms. The molecule has 0 spiro atoms. The van der Waals surface area contributed by atoms with E-state index in [1.54, 1.807) is 6.20 Å². The van der Waals surface area contributed by atoms with Crippen molar-refractivity contribution in [1.29, 1.82) is 0 Å². The summed E-state index contributed by atoms with van der Waals surface area (Å²) in [5.41, 5.74) is 3.93. The Hall–Kier alpha value is -2.70. The van der Waals surface area contributed by atoms with Crippen molar-refractivity contribution in [3.63, 3.8) is 0 Å². The Labute approximate surface area is 172 Å². The molecule has 142 valence electrons. The van der Waals surface area contributed by atoms with E-state index < -0.39 is 0 Å². The fourth-order valence-corrected chi connectivity index (χ4v) is 3.33. The minimum absolute atomic E-state index is 0.644. The molecule has 0 saturated heterocycles. The SMILES string of the molecule is CN(CCOc1ccc(-c2nc3cc(Br)cnc3[nH]2)cc1)Cc1ccccc1. The largest absolute Gasteiger partial charge is 0.492 e. The molecular formula is C22H21BrN4O. The summed E-state index contributed by atoms with van der Waals surface area (Å²) in [7, 11) is 2.10. The monoisotopic (exact) mass is 436 g/mol. The van der Waals surface area contributed by atoms with Crippen molar-refractivity contribution < 1.29 is 4.74 Å². The van der Waals surface area contributed by atoms with Crippen LogP contribution in [0, 0.1) is 0 Å². The Morgan fingerprint density at radius 1 is 1.07 bits per heavy atom. The third kappa shape index (κ3) is 4.58. The Balaban J connectivity index is 1.33. The number of imidazole rings is 1. The van der Waals surface area contributed by atoms with Crippen LogP contribution in [0.15, 0.2) is 71.3 Å². The number of likely N-dealkylation sites (N-methyl/N-ethyl adjacent to an activating group) is 1. The van der Waals surface area contributed by atoms with Crippen LogP contribution in [0.1, 0.15) is 5.56 Å². The molecule has 2 heterocycles. The second-order valence-electron chi connectivity index (χ2n) is 6.70. The molecule has 4 rings (SSSR count). The number of aromatic amines is 1. The van der Waals surface area contributed by atoms with E-state index in [2.05, 4.69) is 67.1 Å². The van der Waals surface area contributed by atoms with E-state index in [9.17, 15) is 0 Å². The van der Waals surface area contributed by atoms with Gasteiger partial charge in [-0.3, -0.25) is 4.90 Å². The molecule has 0 aliphatic heterocycles. The van der Waals surface area contributed by atoms with Crippen LogP contribution in [-0.2, 0) is 6.54 Å². The van der Waals surface area contributed by atoms with E-state index in [-0.39, 0.29) is 0 Å². The normalized spacial score (nSPS) is 11.2. The maximum Gasteiger partial charge on any atom is 0.157 e. The van der Waals surface area contributed by atoms with E-state index in [0.29, 0.717) is 6.61 Å². The Kier molecular flexibility index (Phi) is 5.69. The Morgan fingerprint density at radius 3 is 2.64 bits per heavy atom. The van der Waals surface area contributed by atoms with E-state index in [4.69, 9.17) is 4.74 Å². The van der Waals surface area contributed by atoms with Gasteiger partial charge in [-0.05, 0) is 58.9 Å². The Morgan fingerprint density at radius 2 is 1.86 bits per heavy atom. The lowest BCUT2D eigenvalue weighted by atomic mass is 10.2. The molecule has 2 aromatic carbocycles. The van der Waals surface area contributed by atoms with Crippen molar-refractivity contribution in [3.8, 4) is 17.1 Å². The van der Waals surface area contributed by atoms with Gasteiger partial charge in [0.25, 0.3) is 0 Å². The number of rotatable bonds is 7. The molecule has 0 fully saturated rings. The molecule has 6 heteroatoms. The summed E-state index contributed by atoms with van der Waals surface area (Å²) in [5, 5.41) is 0. The number of nitrogens with one attached hydrogen (secondary N) is 1. The molecule has 0 aliphatic rings. The fraction of sp³-hybridized carbons (Fsp3) is 0.182. The molecule has 2 aromatic heterocycles. The van der Waals surface area contributed by atoms with Gasteiger partial charge < -0.3 is 9.72 Å². The van der Waals surface area contributed by atoms with Crippen LogP contribution in [0.5, 0.6) is 5.75 Å². The third-order valence-electron chi connectivity index (χ3n) is 4.47. The van der Waals surface area contributed by atoms with E-state index >= 15 is 0 Å². The van der Waals surface area contributed by atoms with Crippen LogP contribution in [0.3, 0.4) is 0 Å². The van der Waals surface area contributed by atoms with Gasteiger partial charge >= 0.3 is 0 Å². The van der Waals surface area contributed by atoms with Crippen molar-refractivity contribution in [3.05, 3.63) is 76.9 Å². The lowest BCUT2D eigenvalue weighted by Crippen LogP contribution is -2.23. The van der Waals surface area contributed by atoms with Gasteiger partial charge in [-0.2, -0.15) is 0 Å². The summed E-state index contributed by atoms with van der Waals surface area (Å²) in [6.07, 6.45) is 1.76. The maximum atomic E-state index is 5.89. The van der Waals surface area contributed by atoms with Crippen LogP contribution >= 0.6 is 15.9 Å². The van der Waals surface area contributed by atoms with Gasteiger partial charge in [0, 0.05) is 29.3 Å². The van der Waals surface area contributed by atoms with E-state index in [1.165, 1.54) is 5.56 Å². The van der Waals surface area contributed by atoms with Gasteiger partial charge in [0.15, 0.2) is 5.65 Å². The molecule has 0 amide bonds. The molecule has 0 atom stereocenters. The summed E-state index contributed by atoms with van der Waals surface area (Å²) < 4.78 is 6.80. The van der Waals surface area contributed by atoms with Crippen molar-refractivity contribution in [2.45, 2.75) is 6.54 Å². The minimum atomic E-state index is 0.644. The first-order valence-corrected chi connectivity index (χ1v) is 9.94. The molecule has 0 unspecified atom stereocenters. The zero-order chi connectivity index (χ0) is 19.3. The van der Waals surface area contributed by atoms with Crippen molar-refractivity contribution in [1.82, 2.24) is 19.9 Å². The number of fused-ring (bicyclic) bond motifs is 1. The lowest BCUT2D eigenvalue weighted by molar-refractivity contribution is 0.233. The number of hydrogen-bond donors (Lipinski definition) is 1. The molecule has 1 N–H and O–H groups in total. The summed E-state index contributed by atoms with van der Waals surface area (Å²) in [6, 6.07) is 20.4. The lowest BCUT2D eigenvalue weighted by Gasteiger charge is -2.17. The average molecular weight is 437 g/mol. The number of hydrogen-bond acceptors (Lipinski definition) is 4. The van der Waals surface area contributed by atoms with Gasteiger partial charge in [0.05, 0.1) is 0 Å². The van der Waals surface area contributed by atoms with Crippen LogP contribution in [0.4, 0.5) is 0 Å². The highest BCUT2D eigenvalue weighted by Gasteiger charge is 2.07. The third-order valence-corrected chi connectivity index (χ3v) is 4.90. The predicted octanol–water partition coefficient (Wildman–Crippen LogP) is 4.90. The molecule has 0 saturated carbocycles. The first-order chi connectivity index (χ1) is 13.7. The molecule has 0 radical (unpaired) electrons. The molecule has 5 nitrogen and oxygen atoms in total. The van der Waals surface area contributed by atoms with Crippen LogP contribution in [0.2, 0.25) is 0 Å². The van der Waals surface area contributed by atoms with Gasteiger partial charge in [0.2, 0.25) is 0 Å². The smallest absolute Gasteiger partial charge is 0.157 e. The first kappa shape index (κ1) is 18.7. The summed E-state index contributed by atoms with van der Waals surface area (Å²) in [6.45, 7) is 2.42. The van der Waals surface area contributed by atoms with Crippen LogP contribution < -0.4 is 4.74 Å². The number of ether oxygens (including phenoxy) is 1. The van der Waals surface area contributed by atoms with Crippen LogP contribution in [0.25, 0.3) is 22.6 Å². The van der Waals surface area contributed by atoms with Gasteiger partial charge in [-0.1, -0.05) is 30.3 Å². The summed E-state index contributed by atoms with van der Waals surface area (Å²) >= 11 is 3.42. The highest BCUT2D eigenvalue weighted by atomic mass is 79.9. The topological polar surface area (TPSA) is 54.0 Å². The van der Waals surface area contributed by atoms with E-state index in [0.717, 1.165) is 45.9 Å². The van der Waals surface area contributed by atoms with Gasteiger partial charge in [0.1, 0.15) is 23.7 Å². The number of aromatic nitrogens is 3. The average Bonchev–Trinajstić information content (AvgIpc) is 3.12. The standard InChI is InChI=1S/C22H21BrN4O/c1-27(15-16-5-3-2-4-6-16)11-12-28-19-9-7-17(8-10-19)21-25-20-13-18(23)14-24-22(20)26-21/h2-10,13-14H,11-12,15H2,1H3,(H,24,25,26). The second kappa shape index (κ2) is 8.54.